The number of halogens is 1. The predicted octanol–water partition coefficient (Wildman–Crippen LogP) is 0.900. The van der Waals surface area contributed by atoms with E-state index in [9.17, 15) is 0 Å². The van der Waals surface area contributed by atoms with Crippen LogP contribution in [0.15, 0.2) is 24.8 Å². The zero-order chi connectivity index (χ0) is 12.5. The zero-order valence-corrected chi connectivity index (χ0v) is 9.91. The van der Waals surface area contributed by atoms with Gasteiger partial charge in [0.1, 0.15) is 11.8 Å². The van der Waals surface area contributed by atoms with E-state index in [1.165, 1.54) is 6.33 Å². The van der Waals surface area contributed by atoms with Crippen LogP contribution in [0.5, 0.6) is 0 Å². The van der Waals surface area contributed by atoms with Gasteiger partial charge in [-0.25, -0.2) is 15.0 Å². The molecule has 3 aromatic rings. The average Bonchev–Trinajstić information content (AvgIpc) is 2.77. The molecule has 0 aliphatic heterocycles. The highest BCUT2D eigenvalue weighted by Gasteiger charge is 2.08. The van der Waals surface area contributed by atoms with E-state index in [0.29, 0.717) is 28.7 Å². The van der Waals surface area contributed by atoms with E-state index >= 15 is 0 Å². The van der Waals surface area contributed by atoms with E-state index in [1.54, 1.807) is 18.5 Å². The molecule has 0 unspecified atom stereocenters. The molecule has 3 rings (SSSR count). The van der Waals surface area contributed by atoms with Gasteiger partial charge < -0.3 is 10.3 Å². The van der Waals surface area contributed by atoms with Gasteiger partial charge in [0.2, 0.25) is 0 Å². The Hall–Kier alpha value is -2.28. The summed E-state index contributed by atoms with van der Waals surface area (Å²) in [5, 5.41) is 8.12. The lowest BCUT2D eigenvalue weighted by atomic mass is 10.4. The average molecular weight is 262 g/mol. The van der Waals surface area contributed by atoms with Crippen molar-refractivity contribution in [3.63, 3.8) is 0 Å². The number of nitrogens with zero attached hydrogens (tertiary/aromatic N) is 6. The molecule has 0 atom stereocenters. The second kappa shape index (κ2) is 4.19. The third-order valence-corrected chi connectivity index (χ3v) is 2.65. The monoisotopic (exact) mass is 261 g/mol. The molecule has 8 heteroatoms. The van der Waals surface area contributed by atoms with Crippen LogP contribution in [0.4, 0.5) is 5.82 Å². The predicted molar refractivity (Wildman–Crippen MR) is 65.9 cm³/mol. The number of nitrogens with two attached hydrogens (primary N) is 1. The Morgan fingerprint density at radius 3 is 2.83 bits per heavy atom. The third kappa shape index (κ3) is 1.84. The maximum atomic E-state index is 5.71. The molecule has 7 nitrogen and oxygen atoms in total. The van der Waals surface area contributed by atoms with Crippen molar-refractivity contribution in [3.8, 4) is 0 Å². The second-order valence-corrected chi connectivity index (χ2v) is 4.04. The van der Waals surface area contributed by atoms with Crippen molar-refractivity contribution in [3.05, 3.63) is 35.6 Å². The van der Waals surface area contributed by atoms with Gasteiger partial charge in [0.15, 0.2) is 16.6 Å². The molecule has 0 spiro atoms. The molecule has 0 aromatic carbocycles. The van der Waals surface area contributed by atoms with Crippen molar-refractivity contribution >= 4 is 28.6 Å². The van der Waals surface area contributed by atoms with Gasteiger partial charge in [-0.2, -0.15) is 5.10 Å². The maximum Gasteiger partial charge on any atom is 0.165 e. The fourth-order valence-electron chi connectivity index (χ4n) is 1.62. The molecule has 0 amide bonds. The van der Waals surface area contributed by atoms with Crippen LogP contribution in [0.2, 0.25) is 5.15 Å². The highest BCUT2D eigenvalue weighted by Crippen LogP contribution is 2.15. The highest BCUT2D eigenvalue weighted by molar-refractivity contribution is 6.29. The van der Waals surface area contributed by atoms with Crippen LogP contribution in [-0.4, -0.2) is 29.7 Å². The van der Waals surface area contributed by atoms with Gasteiger partial charge in [0.05, 0.1) is 18.6 Å². The number of anilines is 1. The van der Waals surface area contributed by atoms with E-state index in [0.717, 1.165) is 5.69 Å². The minimum absolute atomic E-state index is 0.362. The minimum Gasteiger partial charge on any atom is -0.382 e. The number of hydrogen-bond acceptors (Lipinski definition) is 6. The highest BCUT2D eigenvalue weighted by atomic mass is 35.5. The van der Waals surface area contributed by atoms with Crippen LogP contribution < -0.4 is 5.73 Å². The van der Waals surface area contributed by atoms with E-state index in [1.807, 2.05) is 4.57 Å². The first-order chi connectivity index (χ1) is 8.74. The Labute approximate surface area is 107 Å². The largest absolute Gasteiger partial charge is 0.382 e. The molecular formula is C10H8ClN7. The quantitative estimate of drug-likeness (QED) is 0.736. The number of aromatic nitrogens is 6. The molecule has 0 aliphatic carbocycles. The number of fused-ring (bicyclic) bond motifs is 1. The normalized spacial score (nSPS) is 10.9. The van der Waals surface area contributed by atoms with Crippen LogP contribution in [0.3, 0.4) is 0 Å². The van der Waals surface area contributed by atoms with Gasteiger partial charge in [-0.1, -0.05) is 11.6 Å². The number of rotatable bonds is 2. The SMILES string of the molecule is Nc1ncnc2c1ncn2Cc1ccc(Cl)nn1. The summed E-state index contributed by atoms with van der Waals surface area (Å²) in [5.74, 6) is 0.362. The first-order valence-electron chi connectivity index (χ1n) is 5.13. The molecule has 0 bridgehead atoms. The number of nitrogen functional groups attached to an aromatic ring is 1. The Balaban J connectivity index is 2.00. The van der Waals surface area contributed by atoms with Gasteiger partial charge in [-0.05, 0) is 12.1 Å². The van der Waals surface area contributed by atoms with Crippen LogP contribution in [0.1, 0.15) is 5.69 Å². The molecule has 2 N–H and O–H groups in total. The van der Waals surface area contributed by atoms with Crippen LogP contribution >= 0.6 is 11.6 Å². The first-order valence-corrected chi connectivity index (χ1v) is 5.51. The summed E-state index contributed by atoms with van der Waals surface area (Å²) in [6.07, 6.45) is 3.05. The first kappa shape index (κ1) is 10.8. The molecule has 0 aliphatic rings. The summed E-state index contributed by atoms with van der Waals surface area (Å²) in [5.41, 5.74) is 7.72. The zero-order valence-electron chi connectivity index (χ0n) is 9.16. The van der Waals surface area contributed by atoms with Crippen molar-refractivity contribution in [1.29, 1.82) is 0 Å². The summed E-state index contributed by atoms with van der Waals surface area (Å²) in [6, 6.07) is 3.48. The molecular weight excluding hydrogens is 254 g/mol. The standard InChI is InChI=1S/C10H8ClN7/c11-7-2-1-6(16-17-7)3-18-5-15-8-9(12)13-4-14-10(8)18/h1-2,4-5H,3H2,(H2,12,13,14). The van der Waals surface area contributed by atoms with Crippen molar-refractivity contribution in [1.82, 2.24) is 29.7 Å². The number of hydrogen-bond donors (Lipinski definition) is 1. The molecule has 3 heterocycles. The molecule has 90 valence electrons. The third-order valence-electron chi connectivity index (χ3n) is 2.45. The Kier molecular flexibility index (Phi) is 2.52. The summed E-state index contributed by atoms with van der Waals surface area (Å²) in [4.78, 5) is 12.2. The molecule has 18 heavy (non-hydrogen) atoms. The van der Waals surface area contributed by atoms with Crippen molar-refractivity contribution in [2.45, 2.75) is 6.54 Å². The van der Waals surface area contributed by atoms with Crippen LogP contribution in [0, 0.1) is 0 Å². The van der Waals surface area contributed by atoms with Gasteiger partial charge in [-0.3, -0.25) is 0 Å². The molecule has 0 radical (unpaired) electrons. The lowest BCUT2D eigenvalue weighted by Gasteiger charge is -2.02. The smallest absolute Gasteiger partial charge is 0.165 e. The Morgan fingerprint density at radius 1 is 1.17 bits per heavy atom. The van der Waals surface area contributed by atoms with Gasteiger partial charge in [0.25, 0.3) is 0 Å². The van der Waals surface area contributed by atoms with Crippen molar-refractivity contribution in [2.75, 3.05) is 5.73 Å². The molecule has 0 saturated carbocycles. The summed E-state index contributed by atoms with van der Waals surface area (Å²) < 4.78 is 1.82. The lowest BCUT2D eigenvalue weighted by Crippen LogP contribution is -2.03. The van der Waals surface area contributed by atoms with Crippen LogP contribution in [-0.2, 0) is 6.54 Å². The van der Waals surface area contributed by atoms with Gasteiger partial charge in [-0.15, -0.1) is 5.10 Å². The Morgan fingerprint density at radius 2 is 2.06 bits per heavy atom. The molecule has 0 saturated heterocycles. The van der Waals surface area contributed by atoms with Gasteiger partial charge in [0, 0.05) is 0 Å². The molecule has 3 aromatic heterocycles. The minimum atomic E-state index is 0.362. The fourth-order valence-corrected chi connectivity index (χ4v) is 1.72. The van der Waals surface area contributed by atoms with Gasteiger partial charge >= 0.3 is 0 Å². The second-order valence-electron chi connectivity index (χ2n) is 3.65. The van der Waals surface area contributed by atoms with Crippen molar-refractivity contribution in [2.24, 2.45) is 0 Å². The van der Waals surface area contributed by atoms with E-state index in [-0.39, 0.29) is 0 Å². The summed E-state index contributed by atoms with van der Waals surface area (Å²) >= 11 is 5.68. The Bertz CT molecular complexity index is 691. The fraction of sp³-hybridized carbons (Fsp3) is 0.100. The topological polar surface area (TPSA) is 95.4 Å². The number of imidazole rings is 1. The van der Waals surface area contributed by atoms with E-state index in [4.69, 9.17) is 17.3 Å². The van der Waals surface area contributed by atoms with Crippen molar-refractivity contribution < 1.29 is 0 Å². The maximum absolute atomic E-state index is 5.71. The lowest BCUT2D eigenvalue weighted by molar-refractivity contribution is 0.765. The van der Waals surface area contributed by atoms with E-state index in [2.05, 4.69) is 25.1 Å². The summed E-state index contributed by atoms with van der Waals surface area (Å²) in [7, 11) is 0. The summed E-state index contributed by atoms with van der Waals surface area (Å²) in [6.45, 7) is 0.497. The van der Waals surface area contributed by atoms with Crippen LogP contribution in [0.25, 0.3) is 11.2 Å². The van der Waals surface area contributed by atoms with E-state index < -0.39 is 0 Å². The molecule has 0 fully saturated rings.